The number of aromatic amines is 1. The summed E-state index contributed by atoms with van der Waals surface area (Å²) in [6.45, 7) is 5.88. The van der Waals surface area contributed by atoms with Crippen molar-refractivity contribution in [2.75, 3.05) is 12.4 Å². The van der Waals surface area contributed by atoms with E-state index in [4.69, 9.17) is 0 Å². The topological polar surface area (TPSA) is 69.8 Å². The van der Waals surface area contributed by atoms with Crippen molar-refractivity contribution in [1.82, 2.24) is 15.5 Å². The Balaban J connectivity index is 2.62. The Bertz CT molecular complexity index is 332. The molecule has 0 saturated heterocycles. The molecule has 1 aromatic rings. The molecule has 1 amide bonds. The lowest BCUT2D eigenvalue weighted by molar-refractivity contribution is -0.119. The molecule has 1 atom stereocenters. The number of carbonyl (C=O) groups is 1. The highest BCUT2D eigenvalue weighted by Gasteiger charge is 2.20. The monoisotopic (exact) mass is 210 g/mol. The molecular formula is C10H18N4O. The molecule has 0 aliphatic heterocycles. The number of nitrogens with zero attached hydrogens (tertiary/aromatic N) is 1. The smallest absolute Gasteiger partial charge is 0.242 e. The largest absolute Gasteiger partial charge is 0.309 e. The van der Waals surface area contributed by atoms with E-state index in [0.29, 0.717) is 5.82 Å². The second kappa shape index (κ2) is 4.93. The number of rotatable bonds is 4. The SMILES string of the molecule is CNC(C(=O)Nc1cc(C)[nH]n1)C(C)C. The predicted octanol–water partition coefficient (Wildman–Crippen LogP) is 0.901. The first-order valence-electron chi connectivity index (χ1n) is 5.04. The van der Waals surface area contributed by atoms with Crippen molar-refractivity contribution in [2.24, 2.45) is 5.92 Å². The van der Waals surface area contributed by atoms with Gasteiger partial charge in [0.05, 0.1) is 6.04 Å². The number of hydrogen-bond acceptors (Lipinski definition) is 3. The van der Waals surface area contributed by atoms with Crippen LogP contribution in [0.25, 0.3) is 0 Å². The number of amides is 1. The predicted molar refractivity (Wildman–Crippen MR) is 59.6 cm³/mol. The van der Waals surface area contributed by atoms with Crippen LogP contribution in [0, 0.1) is 12.8 Å². The number of nitrogens with one attached hydrogen (secondary N) is 3. The van der Waals surface area contributed by atoms with Crippen molar-refractivity contribution in [3.8, 4) is 0 Å². The Morgan fingerprint density at radius 3 is 2.60 bits per heavy atom. The van der Waals surface area contributed by atoms with Gasteiger partial charge in [0.2, 0.25) is 5.91 Å². The van der Waals surface area contributed by atoms with Gasteiger partial charge in [-0.15, -0.1) is 0 Å². The Kier molecular flexibility index (Phi) is 3.85. The summed E-state index contributed by atoms with van der Waals surface area (Å²) in [5.41, 5.74) is 0.927. The van der Waals surface area contributed by atoms with Crippen LogP contribution >= 0.6 is 0 Å². The molecular weight excluding hydrogens is 192 g/mol. The molecule has 84 valence electrons. The molecule has 1 aromatic heterocycles. The summed E-state index contributed by atoms with van der Waals surface area (Å²) in [5, 5.41) is 12.5. The molecule has 0 aromatic carbocycles. The second-order valence-electron chi connectivity index (χ2n) is 3.94. The molecule has 15 heavy (non-hydrogen) atoms. The summed E-state index contributed by atoms with van der Waals surface area (Å²) in [4.78, 5) is 11.8. The van der Waals surface area contributed by atoms with Crippen molar-refractivity contribution < 1.29 is 4.79 Å². The van der Waals surface area contributed by atoms with Crippen LogP contribution in [0.4, 0.5) is 5.82 Å². The molecule has 0 radical (unpaired) electrons. The van der Waals surface area contributed by atoms with Gasteiger partial charge >= 0.3 is 0 Å². The van der Waals surface area contributed by atoms with Gasteiger partial charge in [-0.2, -0.15) is 5.10 Å². The van der Waals surface area contributed by atoms with E-state index in [9.17, 15) is 4.79 Å². The number of carbonyl (C=O) groups excluding carboxylic acids is 1. The van der Waals surface area contributed by atoms with Crippen LogP contribution in [0.15, 0.2) is 6.07 Å². The van der Waals surface area contributed by atoms with Gasteiger partial charge in [-0.05, 0) is 19.9 Å². The Morgan fingerprint density at radius 1 is 1.53 bits per heavy atom. The zero-order chi connectivity index (χ0) is 11.4. The van der Waals surface area contributed by atoms with E-state index in [2.05, 4.69) is 20.8 Å². The van der Waals surface area contributed by atoms with Crippen molar-refractivity contribution in [1.29, 1.82) is 0 Å². The van der Waals surface area contributed by atoms with Crippen LogP contribution in [0.5, 0.6) is 0 Å². The molecule has 3 N–H and O–H groups in total. The zero-order valence-electron chi connectivity index (χ0n) is 9.59. The van der Waals surface area contributed by atoms with Gasteiger partial charge in [-0.3, -0.25) is 9.89 Å². The molecule has 5 nitrogen and oxygen atoms in total. The third kappa shape index (κ3) is 3.06. The van der Waals surface area contributed by atoms with Crippen LogP contribution in [-0.4, -0.2) is 29.2 Å². The minimum Gasteiger partial charge on any atom is -0.309 e. The maximum Gasteiger partial charge on any atom is 0.242 e. The molecule has 0 bridgehead atoms. The van der Waals surface area contributed by atoms with Gasteiger partial charge in [-0.1, -0.05) is 13.8 Å². The van der Waals surface area contributed by atoms with E-state index in [1.54, 1.807) is 13.1 Å². The Hall–Kier alpha value is -1.36. The number of H-pyrrole nitrogens is 1. The first kappa shape index (κ1) is 11.7. The average Bonchev–Trinajstić information content (AvgIpc) is 2.51. The first-order valence-corrected chi connectivity index (χ1v) is 5.04. The van der Waals surface area contributed by atoms with Gasteiger partial charge in [0.1, 0.15) is 0 Å². The fourth-order valence-corrected chi connectivity index (χ4v) is 1.45. The molecule has 5 heteroatoms. The van der Waals surface area contributed by atoms with E-state index in [1.807, 2.05) is 20.8 Å². The van der Waals surface area contributed by atoms with E-state index >= 15 is 0 Å². The lowest BCUT2D eigenvalue weighted by Crippen LogP contribution is -2.42. The summed E-state index contributed by atoms with van der Waals surface area (Å²) in [5.74, 6) is 0.757. The van der Waals surface area contributed by atoms with Gasteiger partial charge in [0, 0.05) is 11.8 Å². The van der Waals surface area contributed by atoms with E-state index in [1.165, 1.54) is 0 Å². The minimum absolute atomic E-state index is 0.0565. The molecule has 1 rings (SSSR count). The zero-order valence-corrected chi connectivity index (χ0v) is 9.59. The molecule has 1 unspecified atom stereocenters. The number of likely N-dealkylation sites (N-methyl/N-ethyl adjacent to an activating group) is 1. The number of aryl methyl sites for hydroxylation is 1. The highest BCUT2D eigenvalue weighted by atomic mass is 16.2. The van der Waals surface area contributed by atoms with Crippen LogP contribution in [-0.2, 0) is 4.79 Å². The van der Waals surface area contributed by atoms with Crippen LogP contribution < -0.4 is 10.6 Å². The molecule has 0 fully saturated rings. The third-order valence-corrected chi connectivity index (χ3v) is 2.22. The van der Waals surface area contributed by atoms with E-state index in [-0.39, 0.29) is 17.9 Å². The molecule has 0 aliphatic rings. The van der Waals surface area contributed by atoms with Gasteiger partial charge < -0.3 is 10.6 Å². The second-order valence-corrected chi connectivity index (χ2v) is 3.94. The van der Waals surface area contributed by atoms with Crippen molar-refractivity contribution in [3.05, 3.63) is 11.8 Å². The van der Waals surface area contributed by atoms with Crippen molar-refractivity contribution in [2.45, 2.75) is 26.8 Å². The number of aromatic nitrogens is 2. The van der Waals surface area contributed by atoms with E-state index in [0.717, 1.165) is 5.69 Å². The fourth-order valence-electron chi connectivity index (χ4n) is 1.45. The van der Waals surface area contributed by atoms with Crippen LogP contribution in [0.1, 0.15) is 19.5 Å². The summed E-state index contributed by atoms with van der Waals surface area (Å²) < 4.78 is 0. The maximum absolute atomic E-state index is 11.8. The van der Waals surface area contributed by atoms with Crippen molar-refractivity contribution in [3.63, 3.8) is 0 Å². The first-order chi connectivity index (χ1) is 7.04. The Labute approximate surface area is 89.6 Å². The van der Waals surface area contributed by atoms with Gasteiger partial charge in [0.15, 0.2) is 5.82 Å². The summed E-state index contributed by atoms with van der Waals surface area (Å²) in [6.07, 6.45) is 0. The maximum atomic E-state index is 11.8. The normalized spacial score (nSPS) is 12.9. The van der Waals surface area contributed by atoms with Crippen LogP contribution in [0.2, 0.25) is 0 Å². The fraction of sp³-hybridized carbons (Fsp3) is 0.600. The molecule has 1 heterocycles. The Morgan fingerprint density at radius 2 is 2.20 bits per heavy atom. The third-order valence-electron chi connectivity index (χ3n) is 2.22. The summed E-state index contributed by atoms with van der Waals surface area (Å²) >= 11 is 0. The number of anilines is 1. The van der Waals surface area contributed by atoms with Crippen molar-refractivity contribution >= 4 is 11.7 Å². The average molecular weight is 210 g/mol. The minimum atomic E-state index is -0.193. The number of hydrogen-bond donors (Lipinski definition) is 3. The standard InChI is InChI=1S/C10H18N4O/c1-6(2)9(11-4)10(15)12-8-5-7(3)13-14-8/h5-6,9,11H,1-4H3,(H2,12,13,14,15). The summed E-state index contributed by atoms with van der Waals surface area (Å²) in [7, 11) is 1.78. The molecule has 0 saturated carbocycles. The van der Waals surface area contributed by atoms with Gasteiger partial charge in [-0.25, -0.2) is 0 Å². The lowest BCUT2D eigenvalue weighted by atomic mass is 10.0. The quantitative estimate of drug-likeness (QED) is 0.691. The highest BCUT2D eigenvalue weighted by Crippen LogP contribution is 2.07. The van der Waals surface area contributed by atoms with E-state index < -0.39 is 0 Å². The summed E-state index contributed by atoms with van der Waals surface area (Å²) in [6, 6.07) is 1.60. The molecule has 0 aliphatic carbocycles. The molecule has 0 spiro atoms. The lowest BCUT2D eigenvalue weighted by Gasteiger charge is -2.18. The highest BCUT2D eigenvalue weighted by molar-refractivity contribution is 5.94. The van der Waals surface area contributed by atoms with Gasteiger partial charge in [0.25, 0.3) is 0 Å². The van der Waals surface area contributed by atoms with Crippen LogP contribution in [0.3, 0.4) is 0 Å².